The number of fused-ring (bicyclic) bond motifs is 1. The molecule has 4 rings (SSSR count). The first kappa shape index (κ1) is 17.7. The van der Waals surface area contributed by atoms with Gasteiger partial charge in [0.1, 0.15) is 17.4 Å². The smallest absolute Gasteiger partial charge is 0.205 e. The SMILES string of the molecule is CN(C)c1ccc(/C=C2\C=CC(C3C(C#N)=C(N)Oc4ccccc43)=C2)cc1. The molecule has 0 bridgehead atoms. The van der Waals surface area contributed by atoms with Crippen LogP contribution in [0.5, 0.6) is 5.75 Å². The minimum Gasteiger partial charge on any atom is -0.440 e. The summed E-state index contributed by atoms with van der Waals surface area (Å²) in [5, 5.41) is 9.65. The molecule has 1 atom stereocenters. The molecule has 2 aromatic carbocycles. The molecule has 0 radical (unpaired) electrons. The minimum atomic E-state index is -0.215. The number of anilines is 1. The Morgan fingerprint density at radius 3 is 2.54 bits per heavy atom. The molecule has 4 heteroatoms. The van der Waals surface area contributed by atoms with Gasteiger partial charge >= 0.3 is 0 Å². The second kappa shape index (κ2) is 7.13. The lowest BCUT2D eigenvalue weighted by Crippen LogP contribution is -2.20. The quantitative estimate of drug-likeness (QED) is 0.867. The Balaban J connectivity index is 1.69. The third-order valence-corrected chi connectivity index (χ3v) is 5.00. The van der Waals surface area contributed by atoms with Gasteiger partial charge in [-0.15, -0.1) is 0 Å². The Morgan fingerprint density at radius 2 is 1.82 bits per heavy atom. The van der Waals surface area contributed by atoms with Gasteiger partial charge in [-0.2, -0.15) is 5.26 Å². The lowest BCUT2D eigenvalue weighted by molar-refractivity contribution is 0.393. The van der Waals surface area contributed by atoms with E-state index in [1.54, 1.807) is 0 Å². The van der Waals surface area contributed by atoms with Crippen LogP contribution in [-0.2, 0) is 0 Å². The zero-order valence-electron chi connectivity index (χ0n) is 15.9. The highest BCUT2D eigenvalue weighted by Crippen LogP contribution is 2.44. The first-order valence-corrected chi connectivity index (χ1v) is 9.12. The first-order chi connectivity index (χ1) is 13.6. The maximum absolute atomic E-state index is 9.65. The fourth-order valence-corrected chi connectivity index (χ4v) is 3.56. The molecule has 138 valence electrons. The zero-order chi connectivity index (χ0) is 19.7. The summed E-state index contributed by atoms with van der Waals surface area (Å²) in [4.78, 5) is 2.08. The first-order valence-electron chi connectivity index (χ1n) is 9.12. The van der Waals surface area contributed by atoms with Gasteiger partial charge in [-0.1, -0.05) is 48.6 Å². The topological polar surface area (TPSA) is 62.3 Å². The molecular weight excluding hydrogens is 346 g/mol. The number of para-hydroxylation sites is 1. The molecule has 0 fully saturated rings. The van der Waals surface area contributed by atoms with Crippen molar-refractivity contribution in [3.63, 3.8) is 0 Å². The summed E-state index contributed by atoms with van der Waals surface area (Å²) in [5.74, 6) is 0.667. The number of benzene rings is 2. The van der Waals surface area contributed by atoms with Gasteiger partial charge in [0.2, 0.25) is 5.88 Å². The van der Waals surface area contributed by atoms with Crippen molar-refractivity contribution >= 4 is 11.8 Å². The molecule has 4 nitrogen and oxygen atoms in total. The van der Waals surface area contributed by atoms with E-state index >= 15 is 0 Å². The fraction of sp³-hybridized carbons (Fsp3) is 0.125. The highest BCUT2D eigenvalue weighted by Gasteiger charge is 2.31. The molecule has 1 aliphatic heterocycles. The normalized spacial score (nSPS) is 19.1. The van der Waals surface area contributed by atoms with E-state index in [2.05, 4.69) is 59.5 Å². The number of nitrogens with zero attached hydrogens (tertiary/aromatic N) is 2. The molecule has 0 spiro atoms. The van der Waals surface area contributed by atoms with Gasteiger partial charge in [0.25, 0.3) is 0 Å². The average Bonchev–Trinajstić information content (AvgIpc) is 3.15. The highest BCUT2D eigenvalue weighted by molar-refractivity contribution is 5.68. The van der Waals surface area contributed by atoms with E-state index in [4.69, 9.17) is 10.5 Å². The maximum Gasteiger partial charge on any atom is 0.205 e. The van der Waals surface area contributed by atoms with Crippen molar-refractivity contribution in [2.45, 2.75) is 5.92 Å². The van der Waals surface area contributed by atoms with Crippen LogP contribution in [0.1, 0.15) is 17.0 Å². The van der Waals surface area contributed by atoms with Gasteiger partial charge in [-0.05, 0) is 41.0 Å². The molecule has 0 saturated heterocycles. The number of nitriles is 1. The standard InChI is InChI=1S/C24H21N3O/c1-27(2)19-11-8-16(9-12-19)13-17-7-10-18(14-17)23-20-5-3-4-6-22(20)28-24(26)21(23)15-25/h3-14,23H,26H2,1-2H3/b17-13+. The van der Waals surface area contributed by atoms with E-state index in [9.17, 15) is 5.26 Å². The zero-order valence-corrected chi connectivity index (χ0v) is 15.9. The molecule has 2 aliphatic rings. The number of ether oxygens (including phenoxy) is 1. The van der Waals surface area contributed by atoms with Gasteiger partial charge < -0.3 is 15.4 Å². The summed E-state index contributed by atoms with van der Waals surface area (Å²) in [7, 11) is 4.06. The number of allylic oxidation sites excluding steroid dienone is 6. The summed E-state index contributed by atoms with van der Waals surface area (Å²) in [6.07, 6.45) is 8.36. The molecule has 0 saturated carbocycles. The molecule has 1 aliphatic carbocycles. The van der Waals surface area contributed by atoms with Crippen LogP contribution < -0.4 is 15.4 Å². The highest BCUT2D eigenvalue weighted by atomic mass is 16.5. The predicted octanol–water partition coefficient (Wildman–Crippen LogP) is 4.50. The largest absolute Gasteiger partial charge is 0.440 e. The van der Waals surface area contributed by atoms with Crippen LogP contribution in [0.4, 0.5) is 5.69 Å². The lowest BCUT2D eigenvalue weighted by Gasteiger charge is -2.26. The summed E-state index contributed by atoms with van der Waals surface area (Å²) < 4.78 is 5.64. The van der Waals surface area contributed by atoms with Crippen molar-refractivity contribution in [1.29, 1.82) is 5.26 Å². The third kappa shape index (κ3) is 3.19. The number of hydrogen-bond donors (Lipinski definition) is 1. The second-order valence-electron chi connectivity index (χ2n) is 7.07. The molecule has 0 aromatic heterocycles. The van der Waals surface area contributed by atoms with Crippen molar-refractivity contribution in [1.82, 2.24) is 0 Å². The van der Waals surface area contributed by atoms with Crippen molar-refractivity contribution in [2.24, 2.45) is 5.73 Å². The Labute approximate surface area is 165 Å². The monoisotopic (exact) mass is 367 g/mol. The Morgan fingerprint density at radius 1 is 1.07 bits per heavy atom. The predicted molar refractivity (Wildman–Crippen MR) is 113 cm³/mol. The average molecular weight is 367 g/mol. The van der Waals surface area contributed by atoms with Crippen LogP contribution in [0.3, 0.4) is 0 Å². The summed E-state index contributed by atoms with van der Waals surface area (Å²) in [6, 6.07) is 18.4. The van der Waals surface area contributed by atoms with Crippen molar-refractivity contribution in [3.05, 3.63) is 100 Å². The third-order valence-electron chi connectivity index (χ3n) is 5.00. The molecule has 28 heavy (non-hydrogen) atoms. The van der Waals surface area contributed by atoms with E-state index in [1.165, 1.54) is 5.69 Å². The maximum atomic E-state index is 9.65. The molecule has 2 N–H and O–H groups in total. The van der Waals surface area contributed by atoms with Gasteiger partial charge in [-0.3, -0.25) is 0 Å². The molecule has 2 aromatic rings. The Bertz CT molecular complexity index is 1080. The molecule has 1 heterocycles. The number of rotatable bonds is 3. The van der Waals surface area contributed by atoms with Crippen LogP contribution in [0, 0.1) is 11.3 Å². The van der Waals surface area contributed by atoms with Crippen LogP contribution >= 0.6 is 0 Å². The molecular formula is C24H21N3O. The van der Waals surface area contributed by atoms with Gasteiger partial charge in [-0.25, -0.2) is 0 Å². The minimum absolute atomic E-state index is 0.178. The van der Waals surface area contributed by atoms with Crippen molar-refractivity contribution < 1.29 is 4.74 Å². The van der Waals surface area contributed by atoms with E-state index < -0.39 is 0 Å². The number of nitrogens with two attached hydrogens (primary N) is 1. The van der Waals surface area contributed by atoms with E-state index in [0.29, 0.717) is 11.3 Å². The van der Waals surface area contributed by atoms with E-state index in [-0.39, 0.29) is 11.8 Å². The van der Waals surface area contributed by atoms with Crippen molar-refractivity contribution in [2.75, 3.05) is 19.0 Å². The van der Waals surface area contributed by atoms with Crippen LogP contribution in [0.15, 0.2) is 89.4 Å². The van der Waals surface area contributed by atoms with Crippen molar-refractivity contribution in [3.8, 4) is 11.8 Å². The summed E-state index contributed by atoms with van der Waals surface area (Å²) in [5.41, 5.74) is 11.9. The second-order valence-corrected chi connectivity index (χ2v) is 7.07. The van der Waals surface area contributed by atoms with Crippen LogP contribution in [-0.4, -0.2) is 14.1 Å². The van der Waals surface area contributed by atoms with Gasteiger partial charge in [0.05, 0.1) is 5.92 Å². The van der Waals surface area contributed by atoms with E-state index in [1.807, 2.05) is 38.4 Å². The fourth-order valence-electron chi connectivity index (χ4n) is 3.56. The number of hydrogen-bond acceptors (Lipinski definition) is 4. The van der Waals surface area contributed by atoms with Crippen LogP contribution in [0.25, 0.3) is 6.08 Å². The lowest BCUT2D eigenvalue weighted by atomic mass is 9.83. The molecule has 1 unspecified atom stereocenters. The Hall–Kier alpha value is -3.71. The summed E-state index contributed by atoms with van der Waals surface area (Å²) >= 11 is 0. The van der Waals surface area contributed by atoms with Gasteiger partial charge in [0.15, 0.2) is 0 Å². The Kier molecular flexibility index (Phi) is 4.50. The molecule has 0 amide bonds. The summed E-state index contributed by atoms with van der Waals surface area (Å²) in [6.45, 7) is 0. The van der Waals surface area contributed by atoms with Gasteiger partial charge in [0, 0.05) is 25.3 Å². The van der Waals surface area contributed by atoms with E-state index in [0.717, 1.165) is 22.3 Å². The van der Waals surface area contributed by atoms with Crippen LogP contribution in [0.2, 0.25) is 0 Å².